The summed E-state index contributed by atoms with van der Waals surface area (Å²) in [7, 11) is 0. The van der Waals surface area contributed by atoms with E-state index < -0.39 is 9.85 Å². The van der Waals surface area contributed by atoms with Crippen molar-refractivity contribution in [2.75, 3.05) is 0 Å². The molecule has 1 aromatic carbocycles. The minimum absolute atomic E-state index is 0.369. The number of hydrogen-bond donors (Lipinski definition) is 0. The van der Waals surface area contributed by atoms with Crippen molar-refractivity contribution in [2.45, 2.75) is 40.5 Å². The van der Waals surface area contributed by atoms with E-state index in [4.69, 9.17) is 0 Å². The second kappa shape index (κ2) is 5.12. The van der Waals surface area contributed by atoms with Gasteiger partial charge in [-0.05, 0) is 37.8 Å². The summed E-state index contributed by atoms with van der Waals surface area (Å²) >= 11 is 0. The molecule has 0 aliphatic carbocycles. The molecular weight excluding hydrogens is 236 g/mol. The molecule has 18 heavy (non-hydrogen) atoms. The summed E-state index contributed by atoms with van der Waals surface area (Å²) in [5.41, 5.74) is 1.80. The van der Waals surface area contributed by atoms with Crippen LogP contribution in [0.2, 0.25) is 0 Å². The van der Waals surface area contributed by atoms with Gasteiger partial charge in [-0.1, -0.05) is 13.8 Å². The van der Waals surface area contributed by atoms with Crippen molar-refractivity contribution in [3.8, 4) is 0 Å². The highest BCUT2D eigenvalue weighted by Gasteiger charge is 2.33. The highest BCUT2D eigenvalue weighted by Crippen LogP contribution is 2.39. The Labute approximate surface area is 105 Å². The van der Waals surface area contributed by atoms with E-state index in [0.29, 0.717) is 24.0 Å². The van der Waals surface area contributed by atoms with Gasteiger partial charge in [0.05, 0.1) is 9.85 Å². The van der Waals surface area contributed by atoms with E-state index in [1.54, 1.807) is 13.8 Å². The predicted octanol–water partition coefficient (Wildman–Crippen LogP) is 3.24. The summed E-state index contributed by atoms with van der Waals surface area (Å²) in [5.74, 6) is 0. The van der Waals surface area contributed by atoms with Crippen LogP contribution in [0.4, 0.5) is 11.4 Å². The molecule has 6 heteroatoms. The summed E-state index contributed by atoms with van der Waals surface area (Å²) in [6.07, 6.45) is 1.27. The summed E-state index contributed by atoms with van der Waals surface area (Å²) in [6, 6.07) is 0. The Morgan fingerprint density at radius 3 is 1.28 bits per heavy atom. The van der Waals surface area contributed by atoms with Gasteiger partial charge < -0.3 is 0 Å². The molecule has 6 nitrogen and oxygen atoms in total. The Morgan fingerprint density at radius 2 is 1.11 bits per heavy atom. The third-order valence-corrected chi connectivity index (χ3v) is 3.28. The fourth-order valence-electron chi connectivity index (χ4n) is 2.50. The van der Waals surface area contributed by atoms with Crippen LogP contribution < -0.4 is 0 Å². The summed E-state index contributed by atoms with van der Waals surface area (Å²) < 4.78 is 0. The third-order valence-electron chi connectivity index (χ3n) is 3.28. The van der Waals surface area contributed by atoms with Gasteiger partial charge in [0, 0.05) is 11.1 Å². The molecule has 0 amide bonds. The molecule has 0 aliphatic heterocycles. The molecule has 0 heterocycles. The van der Waals surface area contributed by atoms with E-state index in [-0.39, 0.29) is 11.4 Å². The van der Waals surface area contributed by atoms with E-state index in [2.05, 4.69) is 0 Å². The maximum absolute atomic E-state index is 11.1. The van der Waals surface area contributed by atoms with Crippen LogP contribution in [0.25, 0.3) is 0 Å². The topological polar surface area (TPSA) is 86.3 Å². The molecule has 0 bridgehead atoms. The van der Waals surface area contributed by atoms with Crippen molar-refractivity contribution < 1.29 is 9.85 Å². The van der Waals surface area contributed by atoms with Crippen LogP contribution in [0.3, 0.4) is 0 Å². The number of nitro benzene ring substituents is 2. The van der Waals surface area contributed by atoms with E-state index in [1.807, 2.05) is 13.8 Å². The third kappa shape index (κ3) is 2.05. The van der Waals surface area contributed by atoms with Crippen molar-refractivity contribution >= 4 is 11.4 Å². The molecule has 0 aromatic heterocycles. The normalized spacial score (nSPS) is 10.4. The molecule has 0 spiro atoms. The molecule has 0 saturated heterocycles. The van der Waals surface area contributed by atoms with Crippen LogP contribution in [0.5, 0.6) is 0 Å². The Balaban J connectivity index is 3.86. The predicted molar refractivity (Wildman–Crippen MR) is 68.0 cm³/mol. The fraction of sp³-hybridized carbons (Fsp3) is 0.500. The molecule has 0 atom stereocenters. The Morgan fingerprint density at radius 1 is 0.833 bits per heavy atom. The zero-order valence-electron chi connectivity index (χ0n) is 10.9. The maximum atomic E-state index is 11.1. The molecule has 0 unspecified atom stereocenters. The average Bonchev–Trinajstić information content (AvgIpc) is 2.29. The van der Waals surface area contributed by atoms with Gasteiger partial charge in [-0.15, -0.1) is 0 Å². The van der Waals surface area contributed by atoms with Gasteiger partial charge in [-0.25, -0.2) is 0 Å². The summed E-state index contributed by atoms with van der Waals surface area (Å²) in [4.78, 5) is 20.8. The fourth-order valence-corrected chi connectivity index (χ4v) is 2.50. The zero-order chi connectivity index (χ0) is 14.0. The second-order valence-electron chi connectivity index (χ2n) is 4.13. The molecule has 1 rings (SSSR count). The SMILES string of the molecule is CCc1c(C)c([N+](=O)[O-])c([N+](=O)[O-])c(C)c1CC. The lowest BCUT2D eigenvalue weighted by molar-refractivity contribution is -0.423. The molecule has 1 aromatic rings. The van der Waals surface area contributed by atoms with Gasteiger partial charge in [0.1, 0.15) is 0 Å². The Bertz CT molecular complexity index is 477. The van der Waals surface area contributed by atoms with Crippen molar-refractivity contribution in [3.05, 3.63) is 42.5 Å². The van der Waals surface area contributed by atoms with E-state index in [9.17, 15) is 20.2 Å². The molecule has 0 saturated carbocycles. The number of hydrogen-bond acceptors (Lipinski definition) is 4. The second-order valence-corrected chi connectivity index (χ2v) is 4.13. The van der Waals surface area contributed by atoms with Crippen LogP contribution in [0.15, 0.2) is 0 Å². The molecule has 0 radical (unpaired) electrons. The maximum Gasteiger partial charge on any atom is 0.349 e. The molecule has 98 valence electrons. The lowest BCUT2D eigenvalue weighted by Gasteiger charge is -2.13. The van der Waals surface area contributed by atoms with Gasteiger partial charge in [-0.3, -0.25) is 20.2 Å². The van der Waals surface area contributed by atoms with E-state index >= 15 is 0 Å². The number of nitro groups is 2. The summed E-state index contributed by atoms with van der Waals surface area (Å²) in [6.45, 7) is 6.97. The zero-order valence-corrected chi connectivity index (χ0v) is 10.9. The first-order valence-corrected chi connectivity index (χ1v) is 5.80. The minimum Gasteiger partial charge on any atom is -0.258 e. The Kier molecular flexibility index (Phi) is 4.00. The lowest BCUT2D eigenvalue weighted by Crippen LogP contribution is -2.08. The van der Waals surface area contributed by atoms with Crippen LogP contribution in [0.1, 0.15) is 36.1 Å². The van der Waals surface area contributed by atoms with Gasteiger partial charge in [0.2, 0.25) is 0 Å². The first-order chi connectivity index (χ1) is 8.36. The van der Waals surface area contributed by atoms with Gasteiger partial charge in [-0.2, -0.15) is 0 Å². The average molecular weight is 252 g/mol. The highest BCUT2D eigenvalue weighted by atomic mass is 16.6. The highest BCUT2D eigenvalue weighted by molar-refractivity contribution is 5.67. The molecule has 0 aliphatic rings. The number of benzene rings is 1. The Hall–Kier alpha value is -1.98. The molecule has 0 fully saturated rings. The van der Waals surface area contributed by atoms with E-state index in [0.717, 1.165) is 11.1 Å². The van der Waals surface area contributed by atoms with Crippen LogP contribution in [0, 0.1) is 34.1 Å². The first-order valence-electron chi connectivity index (χ1n) is 5.80. The number of rotatable bonds is 4. The smallest absolute Gasteiger partial charge is 0.258 e. The largest absolute Gasteiger partial charge is 0.349 e. The molecular formula is C12H16N2O4. The number of nitrogens with zero attached hydrogens (tertiary/aromatic N) is 2. The quantitative estimate of drug-likeness (QED) is 0.608. The van der Waals surface area contributed by atoms with Crippen molar-refractivity contribution in [2.24, 2.45) is 0 Å². The van der Waals surface area contributed by atoms with Crippen molar-refractivity contribution in [1.29, 1.82) is 0 Å². The van der Waals surface area contributed by atoms with Crippen LogP contribution in [-0.4, -0.2) is 9.85 Å². The van der Waals surface area contributed by atoms with Crippen molar-refractivity contribution in [1.82, 2.24) is 0 Å². The van der Waals surface area contributed by atoms with Crippen LogP contribution >= 0.6 is 0 Å². The van der Waals surface area contributed by atoms with E-state index in [1.165, 1.54) is 0 Å². The van der Waals surface area contributed by atoms with Crippen molar-refractivity contribution in [3.63, 3.8) is 0 Å². The van der Waals surface area contributed by atoms with Gasteiger partial charge in [0.15, 0.2) is 0 Å². The standard InChI is InChI=1S/C12H16N2O4/c1-5-9-7(3)11(13(15)16)12(14(17)18)8(4)10(9)6-2/h5-6H2,1-4H3. The lowest BCUT2D eigenvalue weighted by atomic mass is 9.91. The van der Waals surface area contributed by atoms with Crippen LogP contribution in [-0.2, 0) is 12.8 Å². The van der Waals surface area contributed by atoms with Gasteiger partial charge >= 0.3 is 11.4 Å². The summed E-state index contributed by atoms with van der Waals surface area (Å²) in [5, 5.41) is 22.1. The monoisotopic (exact) mass is 252 g/mol. The first kappa shape index (κ1) is 14.1. The van der Waals surface area contributed by atoms with Gasteiger partial charge in [0.25, 0.3) is 0 Å². The molecule has 0 N–H and O–H groups in total. The minimum atomic E-state index is -0.654.